The van der Waals surface area contributed by atoms with Crippen LogP contribution in [0, 0.1) is 5.92 Å². The molecule has 2 atom stereocenters. The normalized spacial score (nSPS) is 24.4. The van der Waals surface area contributed by atoms with E-state index in [0.29, 0.717) is 6.42 Å². The molecular formula is C10H17Cl3N2O3S. The first kappa shape index (κ1) is 17.3. The van der Waals surface area contributed by atoms with E-state index in [-0.39, 0.29) is 29.4 Å². The van der Waals surface area contributed by atoms with E-state index in [1.165, 1.54) is 0 Å². The second-order valence-electron chi connectivity index (χ2n) is 4.90. The summed E-state index contributed by atoms with van der Waals surface area (Å²) in [5.41, 5.74) is 0. The molecule has 5 nitrogen and oxygen atoms in total. The van der Waals surface area contributed by atoms with Crippen molar-refractivity contribution >= 4 is 50.5 Å². The third-order valence-corrected chi connectivity index (χ3v) is 5.20. The zero-order valence-corrected chi connectivity index (χ0v) is 13.7. The van der Waals surface area contributed by atoms with Crippen LogP contribution < -0.4 is 10.6 Å². The van der Waals surface area contributed by atoms with Crippen molar-refractivity contribution < 1.29 is 13.2 Å². The molecule has 112 valence electrons. The lowest BCUT2D eigenvalue weighted by Gasteiger charge is -2.29. The van der Waals surface area contributed by atoms with Crippen molar-refractivity contribution in [3.8, 4) is 0 Å². The molecule has 0 aliphatic carbocycles. The number of nitrogens with one attached hydrogen (secondary N) is 2. The smallest absolute Gasteiger partial charge is 0.223 e. The highest BCUT2D eigenvalue weighted by Crippen LogP contribution is 2.30. The van der Waals surface area contributed by atoms with E-state index in [1.54, 1.807) is 13.8 Å². The van der Waals surface area contributed by atoms with Gasteiger partial charge in [0.1, 0.15) is 6.17 Å². The highest BCUT2D eigenvalue weighted by Gasteiger charge is 2.38. The minimum absolute atomic E-state index is 0.0121. The average Bonchev–Trinajstić information content (AvgIpc) is 2.55. The van der Waals surface area contributed by atoms with E-state index in [0.717, 1.165) is 0 Å². The Balaban J connectivity index is 2.69. The molecule has 1 aliphatic rings. The maximum atomic E-state index is 11.7. The lowest BCUT2D eigenvalue weighted by molar-refractivity contribution is -0.124. The second kappa shape index (κ2) is 6.35. The van der Waals surface area contributed by atoms with Gasteiger partial charge < -0.3 is 5.32 Å². The largest absolute Gasteiger partial charge is 0.336 e. The fourth-order valence-electron chi connectivity index (χ4n) is 1.69. The molecule has 0 aromatic rings. The van der Waals surface area contributed by atoms with Crippen LogP contribution in [-0.4, -0.2) is 41.8 Å². The van der Waals surface area contributed by atoms with Crippen LogP contribution in [0.15, 0.2) is 0 Å². The molecule has 0 saturated carbocycles. The number of hydrogen-bond donors (Lipinski definition) is 2. The molecule has 1 aliphatic heterocycles. The quantitative estimate of drug-likeness (QED) is 0.590. The molecule has 0 aromatic heterocycles. The monoisotopic (exact) mass is 350 g/mol. The Morgan fingerprint density at radius 2 is 1.89 bits per heavy atom. The molecule has 0 aromatic carbocycles. The van der Waals surface area contributed by atoms with Crippen molar-refractivity contribution in [2.75, 3.05) is 11.5 Å². The fourth-order valence-corrected chi connectivity index (χ4v) is 3.73. The van der Waals surface area contributed by atoms with Crippen LogP contribution in [-0.2, 0) is 14.6 Å². The molecular weight excluding hydrogens is 335 g/mol. The number of alkyl halides is 3. The van der Waals surface area contributed by atoms with Crippen LogP contribution in [0.1, 0.15) is 20.3 Å². The lowest BCUT2D eigenvalue weighted by Crippen LogP contribution is -2.57. The van der Waals surface area contributed by atoms with Crippen LogP contribution in [0.5, 0.6) is 0 Å². The van der Waals surface area contributed by atoms with Crippen molar-refractivity contribution in [3.05, 3.63) is 0 Å². The van der Waals surface area contributed by atoms with Gasteiger partial charge in [-0.2, -0.15) is 0 Å². The van der Waals surface area contributed by atoms with Crippen molar-refractivity contribution in [1.29, 1.82) is 0 Å². The van der Waals surface area contributed by atoms with Crippen molar-refractivity contribution in [2.45, 2.75) is 36.3 Å². The molecule has 1 amide bonds. The Hall–Kier alpha value is 0.250. The van der Waals surface area contributed by atoms with Gasteiger partial charge in [0.25, 0.3) is 0 Å². The molecule has 1 fully saturated rings. The van der Waals surface area contributed by atoms with Crippen LogP contribution in [0.4, 0.5) is 0 Å². The van der Waals surface area contributed by atoms with Gasteiger partial charge in [-0.05, 0) is 6.42 Å². The highest BCUT2D eigenvalue weighted by atomic mass is 35.6. The second-order valence-corrected chi connectivity index (χ2v) is 9.50. The summed E-state index contributed by atoms with van der Waals surface area (Å²) in [6.45, 7) is 3.43. The molecule has 1 heterocycles. The first-order valence-corrected chi connectivity index (χ1v) is 8.80. The molecule has 0 radical (unpaired) electrons. The summed E-state index contributed by atoms with van der Waals surface area (Å²) in [4.78, 5) is 11.7. The number of carbonyl (C=O) groups excluding carboxylic acids is 1. The predicted molar refractivity (Wildman–Crippen MR) is 77.3 cm³/mol. The van der Waals surface area contributed by atoms with Gasteiger partial charge in [0, 0.05) is 12.0 Å². The Kier molecular flexibility index (Phi) is 5.78. The van der Waals surface area contributed by atoms with Gasteiger partial charge in [-0.3, -0.25) is 10.1 Å². The van der Waals surface area contributed by atoms with Crippen molar-refractivity contribution in [3.63, 3.8) is 0 Å². The summed E-state index contributed by atoms with van der Waals surface area (Å²) in [5, 5.41) is 5.46. The number of rotatable bonds is 4. The van der Waals surface area contributed by atoms with Gasteiger partial charge in [-0.1, -0.05) is 48.7 Å². The Labute approximate surface area is 128 Å². The third kappa shape index (κ3) is 5.63. The Morgan fingerprint density at radius 1 is 1.32 bits per heavy atom. The summed E-state index contributed by atoms with van der Waals surface area (Å²) in [7, 11) is -3.04. The highest BCUT2D eigenvalue weighted by molar-refractivity contribution is 7.91. The maximum absolute atomic E-state index is 11.7. The predicted octanol–water partition coefficient (Wildman–Crippen LogP) is 1.23. The number of sulfone groups is 1. The van der Waals surface area contributed by atoms with Crippen molar-refractivity contribution in [1.82, 2.24) is 10.6 Å². The molecule has 1 saturated heterocycles. The van der Waals surface area contributed by atoms with Gasteiger partial charge in [0.15, 0.2) is 9.84 Å². The van der Waals surface area contributed by atoms with Crippen LogP contribution in [0.2, 0.25) is 0 Å². The van der Waals surface area contributed by atoms with Gasteiger partial charge >= 0.3 is 0 Å². The van der Waals surface area contributed by atoms with Gasteiger partial charge in [0.05, 0.1) is 11.5 Å². The standard InChI is InChI=1S/C10H17Cl3N2O3S/c1-6(2)8(16)15-9(10(11,12)13)14-7-3-4-19(17,18)5-7/h6-7,9,14H,3-5H2,1-2H3,(H,15,16)/t7-,9-/m0/s1. The van der Waals surface area contributed by atoms with E-state index in [4.69, 9.17) is 34.8 Å². The first-order valence-electron chi connectivity index (χ1n) is 5.85. The van der Waals surface area contributed by atoms with E-state index in [9.17, 15) is 13.2 Å². The van der Waals surface area contributed by atoms with E-state index >= 15 is 0 Å². The molecule has 9 heteroatoms. The van der Waals surface area contributed by atoms with E-state index in [1.807, 2.05) is 0 Å². The maximum Gasteiger partial charge on any atom is 0.223 e. The average molecular weight is 352 g/mol. The lowest BCUT2D eigenvalue weighted by atomic mass is 10.2. The molecule has 1 rings (SSSR count). The summed E-state index contributed by atoms with van der Waals surface area (Å²) in [5.74, 6) is -0.439. The van der Waals surface area contributed by atoms with Gasteiger partial charge in [-0.25, -0.2) is 8.42 Å². The van der Waals surface area contributed by atoms with E-state index < -0.39 is 19.8 Å². The van der Waals surface area contributed by atoms with Crippen LogP contribution in [0.3, 0.4) is 0 Å². The minimum Gasteiger partial charge on any atom is -0.336 e. The third-order valence-electron chi connectivity index (χ3n) is 2.77. The van der Waals surface area contributed by atoms with Gasteiger partial charge in [0.2, 0.25) is 9.70 Å². The first-order chi connectivity index (χ1) is 8.51. The molecule has 2 N–H and O–H groups in total. The topological polar surface area (TPSA) is 75.3 Å². The SMILES string of the molecule is CC(C)C(=O)N[C@H](N[C@H]1CCS(=O)(=O)C1)C(Cl)(Cl)Cl. The zero-order chi connectivity index (χ0) is 14.8. The number of carbonyl (C=O) groups is 1. The number of amides is 1. The Morgan fingerprint density at radius 3 is 2.26 bits per heavy atom. The Bertz CT molecular complexity index is 434. The zero-order valence-electron chi connectivity index (χ0n) is 10.6. The summed E-state index contributed by atoms with van der Waals surface area (Å²) >= 11 is 17.4. The van der Waals surface area contributed by atoms with Crippen LogP contribution >= 0.6 is 34.8 Å². The molecule has 0 bridgehead atoms. The molecule has 0 unspecified atom stereocenters. The molecule has 19 heavy (non-hydrogen) atoms. The summed E-state index contributed by atoms with van der Waals surface area (Å²) < 4.78 is 21.0. The summed E-state index contributed by atoms with van der Waals surface area (Å²) in [6.07, 6.45) is -0.484. The minimum atomic E-state index is -3.04. The molecule has 0 spiro atoms. The van der Waals surface area contributed by atoms with Crippen molar-refractivity contribution in [2.24, 2.45) is 5.92 Å². The summed E-state index contributed by atoms with van der Waals surface area (Å²) in [6, 6.07) is -0.321. The van der Waals surface area contributed by atoms with Gasteiger partial charge in [-0.15, -0.1) is 0 Å². The number of halogens is 3. The fraction of sp³-hybridized carbons (Fsp3) is 0.900. The van der Waals surface area contributed by atoms with E-state index in [2.05, 4.69) is 10.6 Å². The number of hydrogen-bond acceptors (Lipinski definition) is 4. The van der Waals surface area contributed by atoms with Crippen LogP contribution in [0.25, 0.3) is 0 Å².